The van der Waals surface area contributed by atoms with Crippen LogP contribution in [0.5, 0.6) is 0 Å². The summed E-state index contributed by atoms with van der Waals surface area (Å²) in [4.78, 5) is 12.8. The molecule has 0 aliphatic rings. The number of carbonyl (C=O) groups excluding carboxylic acids is 1. The molecule has 0 atom stereocenters. The van der Waals surface area contributed by atoms with Gasteiger partial charge in [-0.3, -0.25) is 0 Å². The van der Waals surface area contributed by atoms with E-state index in [0.717, 1.165) is 5.56 Å². The molecule has 0 heterocycles. The Kier molecular flexibility index (Phi) is 4.72. The number of aliphatic hydroxyl groups is 1. The number of amides is 2. The Morgan fingerprint density at radius 2 is 2.06 bits per heavy atom. The van der Waals surface area contributed by atoms with Gasteiger partial charge in [0.2, 0.25) is 0 Å². The van der Waals surface area contributed by atoms with E-state index in [-0.39, 0.29) is 25.0 Å². The van der Waals surface area contributed by atoms with Crippen LogP contribution in [-0.4, -0.2) is 36.2 Å². The Balaban J connectivity index is 2.39. The van der Waals surface area contributed by atoms with Crippen molar-refractivity contribution in [2.75, 3.05) is 20.2 Å². The monoisotopic (exact) mass is 226 g/mol. The molecule has 0 fully saturated rings. The molecule has 0 spiro atoms. The number of hydrogen-bond acceptors (Lipinski definition) is 2. The predicted molar refractivity (Wildman–Crippen MR) is 58.4 cm³/mol. The summed E-state index contributed by atoms with van der Waals surface area (Å²) in [7, 11) is 1.59. The topological polar surface area (TPSA) is 52.6 Å². The molecule has 1 rings (SSSR count). The molecule has 0 radical (unpaired) electrons. The van der Waals surface area contributed by atoms with Crippen molar-refractivity contribution in [3.05, 3.63) is 35.6 Å². The Hall–Kier alpha value is -1.62. The minimum atomic E-state index is -0.299. The highest BCUT2D eigenvalue weighted by Gasteiger charge is 2.06. The fourth-order valence-electron chi connectivity index (χ4n) is 1.17. The number of nitrogens with one attached hydrogen (secondary N) is 1. The lowest BCUT2D eigenvalue weighted by molar-refractivity contribution is 0.190. The van der Waals surface area contributed by atoms with Crippen molar-refractivity contribution < 1.29 is 14.3 Å². The van der Waals surface area contributed by atoms with E-state index in [0.29, 0.717) is 6.54 Å². The highest BCUT2D eigenvalue weighted by Crippen LogP contribution is 2.02. The van der Waals surface area contributed by atoms with Gasteiger partial charge in [-0.15, -0.1) is 0 Å². The molecule has 2 amide bonds. The van der Waals surface area contributed by atoms with Gasteiger partial charge in [0.1, 0.15) is 5.82 Å². The van der Waals surface area contributed by atoms with Crippen LogP contribution in [0.3, 0.4) is 0 Å². The van der Waals surface area contributed by atoms with Gasteiger partial charge in [-0.25, -0.2) is 9.18 Å². The second-order valence-corrected chi connectivity index (χ2v) is 3.43. The van der Waals surface area contributed by atoms with Crippen LogP contribution in [0.15, 0.2) is 24.3 Å². The number of benzene rings is 1. The number of halogens is 1. The van der Waals surface area contributed by atoms with E-state index in [1.807, 2.05) is 0 Å². The summed E-state index contributed by atoms with van der Waals surface area (Å²) in [6.45, 7) is 0.560. The molecule has 0 saturated carbocycles. The summed E-state index contributed by atoms with van der Waals surface area (Å²) in [5.74, 6) is -0.299. The maximum atomic E-state index is 12.6. The zero-order valence-corrected chi connectivity index (χ0v) is 9.11. The van der Waals surface area contributed by atoms with E-state index in [4.69, 9.17) is 5.11 Å². The van der Waals surface area contributed by atoms with Crippen molar-refractivity contribution in [2.45, 2.75) is 6.54 Å². The second-order valence-electron chi connectivity index (χ2n) is 3.43. The lowest BCUT2D eigenvalue weighted by Crippen LogP contribution is -2.38. The summed E-state index contributed by atoms with van der Waals surface area (Å²) < 4.78 is 12.6. The van der Waals surface area contributed by atoms with Gasteiger partial charge in [0, 0.05) is 20.1 Å². The summed E-state index contributed by atoms with van der Waals surface area (Å²) in [6, 6.07) is 5.65. The van der Waals surface area contributed by atoms with Gasteiger partial charge < -0.3 is 15.3 Å². The fraction of sp³-hybridized carbons (Fsp3) is 0.364. The molecule has 5 heteroatoms. The molecule has 1 aromatic carbocycles. The second kappa shape index (κ2) is 6.07. The van der Waals surface area contributed by atoms with Crippen molar-refractivity contribution in [3.8, 4) is 0 Å². The molecule has 2 N–H and O–H groups in total. The van der Waals surface area contributed by atoms with Crippen LogP contribution in [0.4, 0.5) is 9.18 Å². The van der Waals surface area contributed by atoms with E-state index in [1.165, 1.54) is 17.0 Å². The average Bonchev–Trinajstić information content (AvgIpc) is 2.28. The van der Waals surface area contributed by atoms with Crippen LogP contribution in [0.2, 0.25) is 0 Å². The van der Waals surface area contributed by atoms with Gasteiger partial charge in [-0.05, 0) is 17.7 Å². The molecule has 88 valence electrons. The van der Waals surface area contributed by atoms with E-state index >= 15 is 0 Å². The lowest BCUT2D eigenvalue weighted by Gasteiger charge is -2.16. The Labute approximate surface area is 93.7 Å². The average molecular weight is 226 g/mol. The molecule has 1 aromatic rings. The third-order valence-corrected chi connectivity index (χ3v) is 2.14. The molecular formula is C11H15FN2O2. The largest absolute Gasteiger partial charge is 0.395 e. The highest BCUT2D eigenvalue weighted by molar-refractivity contribution is 5.73. The zero-order valence-electron chi connectivity index (χ0n) is 9.11. The highest BCUT2D eigenvalue weighted by atomic mass is 19.1. The minimum Gasteiger partial charge on any atom is -0.395 e. The van der Waals surface area contributed by atoms with Gasteiger partial charge in [0.15, 0.2) is 0 Å². The number of aliphatic hydroxyl groups excluding tert-OH is 1. The maximum absolute atomic E-state index is 12.6. The first kappa shape index (κ1) is 12.4. The molecule has 0 aromatic heterocycles. The zero-order chi connectivity index (χ0) is 12.0. The van der Waals surface area contributed by atoms with Gasteiger partial charge in [0.25, 0.3) is 0 Å². The SMILES string of the molecule is CN(CCO)C(=O)NCc1ccc(F)cc1. The Morgan fingerprint density at radius 1 is 1.44 bits per heavy atom. The molecule has 0 saturated heterocycles. The van der Waals surface area contributed by atoms with Gasteiger partial charge in [-0.2, -0.15) is 0 Å². The molecule has 0 aliphatic carbocycles. The van der Waals surface area contributed by atoms with Crippen molar-refractivity contribution in [1.29, 1.82) is 0 Å². The number of carbonyl (C=O) groups is 1. The maximum Gasteiger partial charge on any atom is 0.317 e. The van der Waals surface area contributed by atoms with Crippen LogP contribution in [-0.2, 0) is 6.54 Å². The van der Waals surface area contributed by atoms with Crippen LogP contribution in [0.1, 0.15) is 5.56 Å². The molecule has 0 bridgehead atoms. The van der Waals surface area contributed by atoms with Gasteiger partial charge in [-0.1, -0.05) is 12.1 Å². The van der Waals surface area contributed by atoms with Gasteiger partial charge in [0.05, 0.1) is 6.61 Å². The minimum absolute atomic E-state index is 0.0690. The van der Waals surface area contributed by atoms with E-state index in [9.17, 15) is 9.18 Å². The number of hydrogen-bond donors (Lipinski definition) is 2. The predicted octanol–water partition coefficient (Wildman–Crippen LogP) is 0.959. The summed E-state index contributed by atoms with van der Waals surface area (Å²) >= 11 is 0. The van der Waals surface area contributed by atoms with Crippen molar-refractivity contribution in [1.82, 2.24) is 10.2 Å². The Bertz CT molecular complexity index is 340. The molecule has 16 heavy (non-hydrogen) atoms. The lowest BCUT2D eigenvalue weighted by atomic mass is 10.2. The van der Waals surface area contributed by atoms with Crippen molar-refractivity contribution >= 4 is 6.03 Å². The third kappa shape index (κ3) is 3.86. The van der Waals surface area contributed by atoms with Crippen LogP contribution in [0, 0.1) is 5.82 Å². The number of rotatable bonds is 4. The van der Waals surface area contributed by atoms with Gasteiger partial charge >= 0.3 is 6.03 Å². The standard InChI is InChI=1S/C11H15FN2O2/c1-14(6-7-15)11(16)13-8-9-2-4-10(12)5-3-9/h2-5,15H,6-8H2,1H3,(H,13,16). The summed E-state index contributed by atoms with van der Waals surface area (Å²) in [5, 5.41) is 11.3. The first-order valence-corrected chi connectivity index (χ1v) is 4.97. The van der Waals surface area contributed by atoms with Crippen LogP contribution < -0.4 is 5.32 Å². The van der Waals surface area contributed by atoms with Crippen molar-refractivity contribution in [2.24, 2.45) is 0 Å². The molecule has 4 nitrogen and oxygen atoms in total. The van der Waals surface area contributed by atoms with Crippen molar-refractivity contribution in [3.63, 3.8) is 0 Å². The molecule has 0 unspecified atom stereocenters. The van der Waals surface area contributed by atoms with E-state index in [1.54, 1.807) is 19.2 Å². The number of urea groups is 1. The smallest absolute Gasteiger partial charge is 0.317 e. The van der Waals surface area contributed by atoms with E-state index < -0.39 is 0 Å². The normalized spacial score (nSPS) is 9.94. The van der Waals surface area contributed by atoms with Crippen LogP contribution >= 0.6 is 0 Å². The third-order valence-electron chi connectivity index (χ3n) is 2.14. The molecule has 0 aliphatic heterocycles. The first-order valence-electron chi connectivity index (χ1n) is 4.97. The Morgan fingerprint density at radius 3 is 2.62 bits per heavy atom. The fourth-order valence-corrected chi connectivity index (χ4v) is 1.17. The number of likely N-dealkylation sites (N-methyl/N-ethyl adjacent to an activating group) is 1. The molecular weight excluding hydrogens is 211 g/mol. The number of nitrogens with zero attached hydrogens (tertiary/aromatic N) is 1. The van der Waals surface area contributed by atoms with E-state index in [2.05, 4.69) is 5.32 Å². The first-order chi connectivity index (χ1) is 7.63. The summed E-state index contributed by atoms with van der Waals surface area (Å²) in [5.41, 5.74) is 0.826. The quantitative estimate of drug-likeness (QED) is 0.803. The van der Waals surface area contributed by atoms with Crippen LogP contribution in [0.25, 0.3) is 0 Å². The summed E-state index contributed by atoms with van der Waals surface area (Å²) in [6.07, 6.45) is 0.